The normalized spacial score (nSPS) is 14.1. The summed E-state index contributed by atoms with van der Waals surface area (Å²) < 4.78 is 0. The Morgan fingerprint density at radius 3 is 1.74 bits per heavy atom. The molecule has 4 nitrogen and oxygen atoms in total. The molecule has 3 amide bonds. The molecule has 116 valence electrons. The largest absolute Gasteiger partial charge is 0.268 e. The van der Waals surface area contributed by atoms with Crippen LogP contribution in [0.15, 0.2) is 48.5 Å². The molecule has 0 aromatic heterocycles. The number of amides is 3. The van der Waals surface area contributed by atoms with Crippen molar-refractivity contribution in [2.75, 3.05) is 0 Å². The lowest BCUT2D eigenvalue weighted by Crippen LogP contribution is -2.36. The summed E-state index contributed by atoms with van der Waals surface area (Å²) >= 11 is 0. The summed E-state index contributed by atoms with van der Waals surface area (Å²) in [4.78, 5) is 38.0. The van der Waals surface area contributed by atoms with Gasteiger partial charge in [-0.2, -0.15) is 0 Å². The highest BCUT2D eigenvalue weighted by Gasteiger charge is 2.39. The highest BCUT2D eigenvalue weighted by atomic mass is 16.2. The van der Waals surface area contributed by atoms with Gasteiger partial charge in [0.15, 0.2) is 0 Å². The molecule has 1 heterocycles. The SMILES string of the molecule is CC(C)(C)c1ccc(C(=O)N2C(=O)c3ccccc3C2=O)cc1. The van der Waals surface area contributed by atoms with E-state index < -0.39 is 17.7 Å². The smallest absolute Gasteiger partial charge is 0.268 e. The Labute approximate surface area is 134 Å². The number of hydrogen-bond donors (Lipinski definition) is 0. The Morgan fingerprint density at radius 2 is 1.30 bits per heavy atom. The van der Waals surface area contributed by atoms with E-state index in [9.17, 15) is 14.4 Å². The lowest BCUT2D eigenvalue weighted by Gasteiger charge is -2.19. The molecule has 0 saturated carbocycles. The van der Waals surface area contributed by atoms with E-state index in [1.54, 1.807) is 36.4 Å². The zero-order chi connectivity index (χ0) is 16.8. The third kappa shape index (κ3) is 2.46. The summed E-state index contributed by atoms with van der Waals surface area (Å²) in [6.45, 7) is 6.23. The average molecular weight is 307 g/mol. The van der Waals surface area contributed by atoms with E-state index in [4.69, 9.17) is 0 Å². The number of fused-ring (bicyclic) bond motifs is 1. The maximum Gasteiger partial charge on any atom is 0.268 e. The van der Waals surface area contributed by atoms with E-state index in [2.05, 4.69) is 20.8 Å². The Kier molecular flexibility index (Phi) is 3.40. The first-order valence-corrected chi connectivity index (χ1v) is 7.43. The fraction of sp³-hybridized carbons (Fsp3) is 0.211. The number of rotatable bonds is 1. The van der Waals surface area contributed by atoms with E-state index in [1.165, 1.54) is 0 Å². The van der Waals surface area contributed by atoms with E-state index >= 15 is 0 Å². The maximum atomic E-state index is 12.6. The minimum atomic E-state index is -0.586. The standard InChI is InChI=1S/C19H17NO3/c1-19(2,3)13-10-8-12(9-11-13)16(21)20-17(22)14-6-4-5-7-15(14)18(20)23/h4-11H,1-3H3. The second kappa shape index (κ2) is 5.16. The molecule has 0 radical (unpaired) electrons. The molecule has 0 spiro atoms. The first-order valence-electron chi connectivity index (χ1n) is 7.43. The molecule has 2 aromatic carbocycles. The number of carbonyl (C=O) groups excluding carboxylic acids is 3. The highest BCUT2D eigenvalue weighted by molar-refractivity contribution is 6.31. The molecular formula is C19H17NO3. The van der Waals surface area contributed by atoms with Gasteiger partial charge in [0.1, 0.15) is 0 Å². The lowest BCUT2D eigenvalue weighted by atomic mass is 9.86. The molecule has 0 atom stereocenters. The van der Waals surface area contributed by atoms with Crippen LogP contribution in [-0.4, -0.2) is 22.6 Å². The van der Waals surface area contributed by atoms with Crippen molar-refractivity contribution in [2.24, 2.45) is 0 Å². The summed E-state index contributed by atoms with van der Waals surface area (Å²) in [5.41, 5.74) is 1.93. The summed E-state index contributed by atoms with van der Waals surface area (Å²) in [6, 6.07) is 13.5. The number of benzene rings is 2. The van der Waals surface area contributed by atoms with Crippen molar-refractivity contribution in [2.45, 2.75) is 26.2 Å². The van der Waals surface area contributed by atoms with Gasteiger partial charge >= 0.3 is 0 Å². The second-order valence-electron chi connectivity index (χ2n) is 6.62. The zero-order valence-electron chi connectivity index (χ0n) is 13.3. The molecule has 0 N–H and O–H groups in total. The quantitative estimate of drug-likeness (QED) is 0.759. The summed E-state index contributed by atoms with van der Waals surface area (Å²) in [6.07, 6.45) is 0. The minimum absolute atomic E-state index is 0.0307. The van der Waals surface area contributed by atoms with E-state index in [0.717, 1.165) is 10.5 Å². The molecule has 1 aliphatic rings. The summed E-state index contributed by atoms with van der Waals surface area (Å²) in [5.74, 6) is -1.71. The first-order chi connectivity index (χ1) is 10.8. The molecule has 0 unspecified atom stereocenters. The van der Waals surface area contributed by atoms with Gasteiger partial charge in [0, 0.05) is 5.56 Å². The topological polar surface area (TPSA) is 54.5 Å². The summed E-state index contributed by atoms with van der Waals surface area (Å²) in [5, 5.41) is 0. The molecule has 0 fully saturated rings. The van der Waals surface area contributed by atoms with Crippen LogP contribution in [0.5, 0.6) is 0 Å². The van der Waals surface area contributed by atoms with Gasteiger partial charge < -0.3 is 0 Å². The molecule has 23 heavy (non-hydrogen) atoms. The second-order valence-corrected chi connectivity index (χ2v) is 6.62. The number of imide groups is 3. The van der Waals surface area contributed by atoms with Crippen LogP contribution in [0, 0.1) is 0 Å². The van der Waals surface area contributed by atoms with E-state index in [1.807, 2.05) is 12.1 Å². The van der Waals surface area contributed by atoms with Crippen molar-refractivity contribution in [3.63, 3.8) is 0 Å². The van der Waals surface area contributed by atoms with Gasteiger partial charge in [-0.05, 0) is 35.2 Å². The molecule has 2 aromatic rings. The third-order valence-corrected chi connectivity index (χ3v) is 4.00. The molecule has 3 rings (SSSR count). The van der Waals surface area contributed by atoms with Gasteiger partial charge in [-0.15, -0.1) is 0 Å². The first kappa shape index (κ1) is 15.2. The fourth-order valence-electron chi connectivity index (χ4n) is 2.62. The van der Waals surface area contributed by atoms with Crippen molar-refractivity contribution in [1.29, 1.82) is 0 Å². The van der Waals surface area contributed by atoms with Gasteiger partial charge in [-0.25, -0.2) is 4.90 Å². The molecule has 0 aliphatic carbocycles. The predicted molar refractivity (Wildman–Crippen MR) is 86.4 cm³/mol. The molecule has 1 aliphatic heterocycles. The van der Waals surface area contributed by atoms with Gasteiger partial charge in [0.25, 0.3) is 17.7 Å². The van der Waals surface area contributed by atoms with E-state index in [-0.39, 0.29) is 16.5 Å². The lowest BCUT2D eigenvalue weighted by molar-refractivity contribution is 0.0566. The summed E-state index contributed by atoms with van der Waals surface area (Å²) in [7, 11) is 0. The maximum absolute atomic E-state index is 12.6. The number of nitrogens with zero attached hydrogens (tertiary/aromatic N) is 1. The van der Waals surface area contributed by atoms with Crippen LogP contribution >= 0.6 is 0 Å². The predicted octanol–water partition coefficient (Wildman–Crippen LogP) is 3.42. The van der Waals surface area contributed by atoms with Crippen molar-refractivity contribution in [1.82, 2.24) is 4.90 Å². The van der Waals surface area contributed by atoms with E-state index in [0.29, 0.717) is 5.56 Å². The van der Waals surface area contributed by atoms with Gasteiger partial charge in [0.2, 0.25) is 0 Å². The fourth-order valence-corrected chi connectivity index (χ4v) is 2.62. The van der Waals surface area contributed by atoms with Crippen LogP contribution in [0.1, 0.15) is 57.4 Å². The Bertz CT molecular complexity index is 778. The van der Waals surface area contributed by atoms with Crippen LogP contribution in [0.25, 0.3) is 0 Å². The molecule has 0 saturated heterocycles. The van der Waals surface area contributed by atoms with Crippen LogP contribution in [0.2, 0.25) is 0 Å². The Hall–Kier alpha value is -2.75. The van der Waals surface area contributed by atoms with Crippen LogP contribution in [0.3, 0.4) is 0 Å². The monoisotopic (exact) mass is 307 g/mol. The number of hydrogen-bond acceptors (Lipinski definition) is 3. The van der Waals surface area contributed by atoms with Crippen LogP contribution < -0.4 is 0 Å². The minimum Gasteiger partial charge on any atom is -0.268 e. The Balaban J connectivity index is 1.93. The van der Waals surface area contributed by atoms with Crippen molar-refractivity contribution in [3.8, 4) is 0 Å². The van der Waals surface area contributed by atoms with Crippen LogP contribution in [0.4, 0.5) is 0 Å². The van der Waals surface area contributed by atoms with Gasteiger partial charge in [0.05, 0.1) is 11.1 Å². The average Bonchev–Trinajstić information content (AvgIpc) is 2.78. The number of carbonyl (C=O) groups is 3. The van der Waals surface area contributed by atoms with Crippen molar-refractivity contribution >= 4 is 17.7 Å². The molecule has 4 heteroatoms. The highest BCUT2D eigenvalue weighted by Crippen LogP contribution is 2.26. The van der Waals surface area contributed by atoms with Crippen molar-refractivity contribution in [3.05, 3.63) is 70.8 Å². The van der Waals surface area contributed by atoms with Crippen LogP contribution in [-0.2, 0) is 5.41 Å². The Morgan fingerprint density at radius 1 is 0.826 bits per heavy atom. The molecule has 0 bridgehead atoms. The van der Waals surface area contributed by atoms with Gasteiger partial charge in [-0.1, -0.05) is 45.0 Å². The molecular weight excluding hydrogens is 290 g/mol. The zero-order valence-corrected chi connectivity index (χ0v) is 13.3. The van der Waals surface area contributed by atoms with Crippen molar-refractivity contribution < 1.29 is 14.4 Å². The third-order valence-electron chi connectivity index (χ3n) is 4.00. The van der Waals surface area contributed by atoms with Gasteiger partial charge in [-0.3, -0.25) is 14.4 Å².